The molecule has 0 amide bonds. The molecule has 1 spiro atoms. The zero-order chi connectivity index (χ0) is 17.6. The molecule has 0 radical (unpaired) electrons. The van der Waals surface area contributed by atoms with Crippen molar-refractivity contribution >= 4 is 5.96 Å². The van der Waals surface area contributed by atoms with E-state index in [0.29, 0.717) is 17.6 Å². The van der Waals surface area contributed by atoms with Crippen LogP contribution in [0.15, 0.2) is 4.99 Å². The molecule has 5 fully saturated rings. The van der Waals surface area contributed by atoms with Gasteiger partial charge < -0.3 is 15.0 Å². The first-order valence-corrected chi connectivity index (χ1v) is 11.2. The molecular weight excluding hydrogens is 324 g/mol. The minimum atomic E-state index is 0.432. The van der Waals surface area contributed by atoms with Crippen molar-refractivity contribution in [1.82, 2.24) is 15.1 Å². The SMILES string of the molecule is CCN=C(NC1C2CCOC2C12CCC2)N1CCC(N2CCCCC2)C1. The van der Waals surface area contributed by atoms with E-state index in [2.05, 4.69) is 22.0 Å². The van der Waals surface area contributed by atoms with Gasteiger partial charge in [-0.3, -0.25) is 9.89 Å². The van der Waals surface area contributed by atoms with E-state index in [1.54, 1.807) is 0 Å². The van der Waals surface area contributed by atoms with Gasteiger partial charge in [-0.2, -0.15) is 0 Å². The van der Waals surface area contributed by atoms with Gasteiger partial charge in [0.15, 0.2) is 5.96 Å². The number of hydrogen-bond donors (Lipinski definition) is 1. The molecule has 2 saturated carbocycles. The van der Waals surface area contributed by atoms with E-state index in [0.717, 1.165) is 38.2 Å². The quantitative estimate of drug-likeness (QED) is 0.620. The van der Waals surface area contributed by atoms with Crippen LogP contribution in [-0.4, -0.2) is 73.3 Å². The summed E-state index contributed by atoms with van der Waals surface area (Å²) in [6.07, 6.45) is 11.4. The van der Waals surface area contributed by atoms with Crippen LogP contribution in [0.5, 0.6) is 0 Å². The van der Waals surface area contributed by atoms with E-state index in [1.165, 1.54) is 70.4 Å². The molecule has 4 unspecified atom stereocenters. The van der Waals surface area contributed by atoms with Gasteiger partial charge in [-0.05, 0) is 58.5 Å². The Morgan fingerprint density at radius 1 is 1.12 bits per heavy atom. The Morgan fingerprint density at radius 2 is 1.96 bits per heavy atom. The molecule has 3 heterocycles. The number of piperidine rings is 1. The molecule has 3 aliphatic heterocycles. The second kappa shape index (κ2) is 6.97. The van der Waals surface area contributed by atoms with Crippen LogP contribution in [0.4, 0.5) is 0 Å². The second-order valence-corrected chi connectivity index (χ2v) is 9.24. The number of ether oxygens (including phenoxy) is 1. The smallest absolute Gasteiger partial charge is 0.194 e. The first-order valence-electron chi connectivity index (χ1n) is 11.2. The summed E-state index contributed by atoms with van der Waals surface area (Å²) in [4.78, 5) is 10.2. The van der Waals surface area contributed by atoms with Crippen LogP contribution in [-0.2, 0) is 4.74 Å². The lowest BCUT2D eigenvalue weighted by molar-refractivity contribution is -0.171. The summed E-state index contributed by atoms with van der Waals surface area (Å²) >= 11 is 0. The van der Waals surface area contributed by atoms with E-state index in [-0.39, 0.29) is 0 Å². The number of nitrogens with one attached hydrogen (secondary N) is 1. The summed E-state index contributed by atoms with van der Waals surface area (Å²) in [6.45, 7) is 8.94. The second-order valence-electron chi connectivity index (χ2n) is 9.24. The molecule has 0 aromatic rings. The number of rotatable bonds is 3. The van der Waals surface area contributed by atoms with Crippen molar-refractivity contribution in [2.75, 3.05) is 39.3 Å². The third-order valence-corrected chi connectivity index (χ3v) is 8.00. The van der Waals surface area contributed by atoms with Gasteiger partial charge in [0, 0.05) is 49.7 Å². The molecule has 0 bridgehead atoms. The van der Waals surface area contributed by atoms with Crippen molar-refractivity contribution in [3.63, 3.8) is 0 Å². The highest BCUT2D eigenvalue weighted by molar-refractivity contribution is 5.81. The topological polar surface area (TPSA) is 40.1 Å². The molecule has 1 N–H and O–H groups in total. The standard InChI is InChI=1S/C21H36N4O/c1-2-22-20(25-13-7-16(15-25)24-11-4-3-5-12-24)23-18-17-8-14-26-19(17)21(18)9-6-10-21/h16-19H,2-15H2,1H3,(H,22,23). The van der Waals surface area contributed by atoms with Crippen molar-refractivity contribution in [1.29, 1.82) is 0 Å². The lowest BCUT2D eigenvalue weighted by atomic mass is 9.46. The van der Waals surface area contributed by atoms with Crippen LogP contribution < -0.4 is 5.32 Å². The molecule has 5 aliphatic rings. The molecule has 4 atom stereocenters. The van der Waals surface area contributed by atoms with Crippen molar-refractivity contribution in [2.24, 2.45) is 16.3 Å². The fourth-order valence-electron chi connectivity index (χ4n) is 6.50. The molecule has 0 aromatic carbocycles. The van der Waals surface area contributed by atoms with Crippen LogP contribution in [0, 0.1) is 11.3 Å². The van der Waals surface area contributed by atoms with Gasteiger partial charge in [-0.25, -0.2) is 0 Å². The average Bonchev–Trinajstić information content (AvgIpc) is 3.26. The Hall–Kier alpha value is -0.810. The number of nitrogens with zero attached hydrogens (tertiary/aromatic N) is 3. The fourth-order valence-corrected chi connectivity index (χ4v) is 6.50. The lowest BCUT2D eigenvalue weighted by Crippen LogP contribution is -2.72. The molecule has 3 saturated heterocycles. The summed E-state index contributed by atoms with van der Waals surface area (Å²) in [6, 6.07) is 1.34. The maximum absolute atomic E-state index is 6.10. The van der Waals surface area contributed by atoms with Gasteiger partial charge >= 0.3 is 0 Å². The maximum Gasteiger partial charge on any atom is 0.194 e. The van der Waals surface area contributed by atoms with Crippen LogP contribution in [0.1, 0.15) is 58.3 Å². The lowest BCUT2D eigenvalue weighted by Gasteiger charge is -2.63. The minimum Gasteiger partial charge on any atom is -0.377 e. The summed E-state index contributed by atoms with van der Waals surface area (Å²) in [5, 5.41) is 3.96. The van der Waals surface area contributed by atoms with E-state index < -0.39 is 0 Å². The van der Waals surface area contributed by atoms with Gasteiger partial charge in [-0.1, -0.05) is 12.8 Å². The van der Waals surface area contributed by atoms with Crippen LogP contribution in [0.2, 0.25) is 0 Å². The van der Waals surface area contributed by atoms with E-state index in [1.807, 2.05) is 0 Å². The van der Waals surface area contributed by atoms with Crippen LogP contribution in [0.25, 0.3) is 0 Å². The Bertz CT molecular complexity index is 540. The molecule has 5 heteroatoms. The highest BCUT2D eigenvalue weighted by Crippen LogP contribution is 2.62. The van der Waals surface area contributed by atoms with Gasteiger partial charge in [0.25, 0.3) is 0 Å². The Labute approximate surface area is 158 Å². The number of likely N-dealkylation sites (tertiary alicyclic amines) is 2. The Kier molecular flexibility index (Phi) is 4.64. The van der Waals surface area contributed by atoms with E-state index >= 15 is 0 Å². The van der Waals surface area contributed by atoms with E-state index in [9.17, 15) is 0 Å². The van der Waals surface area contributed by atoms with Gasteiger partial charge in [0.05, 0.1) is 6.10 Å². The van der Waals surface area contributed by atoms with Crippen molar-refractivity contribution in [3.05, 3.63) is 0 Å². The normalized spacial score (nSPS) is 39.6. The summed E-state index contributed by atoms with van der Waals surface area (Å²) in [5.41, 5.74) is 0.432. The Morgan fingerprint density at radius 3 is 2.69 bits per heavy atom. The van der Waals surface area contributed by atoms with E-state index in [4.69, 9.17) is 9.73 Å². The monoisotopic (exact) mass is 360 g/mol. The zero-order valence-electron chi connectivity index (χ0n) is 16.5. The molecule has 5 rings (SSSR count). The number of aliphatic imine (C=N–C) groups is 1. The largest absolute Gasteiger partial charge is 0.377 e. The fraction of sp³-hybridized carbons (Fsp3) is 0.952. The molecule has 0 aromatic heterocycles. The number of guanidine groups is 1. The Balaban J connectivity index is 1.25. The summed E-state index contributed by atoms with van der Waals surface area (Å²) in [5.74, 6) is 1.91. The van der Waals surface area contributed by atoms with Gasteiger partial charge in [0.1, 0.15) is 0 Å². The zero-order valence-corrected chi connectivity index (χ0v) is 16.5. The van der Waals surface area contributed by atoms with Crippen molar-refractivity contribution < 1.29 is 4.74 Å². The molecule has 146 valence electrons. The maximum atomic E-state index is 6.10. The molecule has 5 nitrogen and oxygen atoms in total. The molecule has 2 aliphatic carbocycles. The first kappa shape index (κ1) is 17.3. The first-order chi connectivity index (χ1) is 12.8. The third kappa shape index (κ3) is 2.69. The highest BCUT2D eigenvalue weighted by Gasteiger charge is 2.66. The van der Waals surface area contributed by atoms with Gasteiger partial charge in [0.2, 0.25) is 0 Å². The number of hydrogen-bond acceptors (Lipinski definition) is 3. The predicted molar refractivity (Wildman–Crippen MR) is 104 cm³/mol. The predicted octanol–water partition coefficient (Wildman–Crippen LogP) is 2.47. The van der Waals surface area contributed by atoms with Gasteiger partial charge in [-0.15, -0.1) is 0 Å². The molecular formula is C21H36N4O. The summed E-state index contributed by atoms with van der Waals surface area (Å²) in [7, 11) is 0. The van der Waals surface area contributed by atoms with Crippen molar-refractivity contribution in [3.8, 4) is 0 Å². The number of fused-ring (bicyclic) bond motifs is 2. The van der Waals surface area contributed by atoms with Crippen molar-refractivity contribution in [2.45, 2.75) is 76.5 Å². The molecule has 26 heavy (non-hydrogen) atoms. The highest BCUT2D eigenvalue weighted by atomic mass is 16.5. The summed E-state index contributed by atoms with van der Waals surface area (Å²) < 4.78 is 6.10. The minimum absolute atomic E-state index is 0.432. The van der Waals surface area contributed by atoms with Crippen LogP contribution >= 0.6 is 0 Å². The average molecular weight is 361 g/mol. The third-order valence-electron chi connectivity index (χ3n) is 8.00. The van der Waals surface area contributed by atoms with Crippen LogP contribution in [0.3, 0.4) is 0 Å².